The zero-order chi connectivity index (χ0) is 22.6. The molecule has 0 bridgehead atoms. The van der Waals surface area contributed by atoms with E-state index < -0.39 is 10.0 Å². The lowest BCUT2D eigenvalue weighted by molar-refractivity contribution is 0.317. The van der Waals surface area contributed by atoms with E-state index in [1.165, 1.54) is 23.9 Å². The largest absolute Gasteiger partial charge is 0.506 e. The highest BCUT2D eigenvalue weighted by atomic mass is 32.2. The second-order valence-corrected chi connectivity index (χ2v) is 9.95. The van der Waals surface area contributed by atoms with Crippen LogP contribution in [0.1, 0.15) is 13.3 Å². The highest BCUT2D eigenvalue weighted by molar-refractivity contribution is 7.99. The minimum atomic E-state index is -3.84. The van der Waals surface area contributed by atoms with Gasteiger partial charge >= 0.3 is 0 Å². The van der Waals surface area contributed by atoms with Gasteiger partial charge in [-0.2, -0.15) is 0 Å². The van der Waals surface area contributed by atoms with Crippen LogP contribution in [0, 0.1) is 0 Å². The number of phenols is 1. The first kappa shape index (κ1) is 22.0. The first-order chi connectivity index (χ1) is 15.5. The molecular weight excluding hydrogens is 442 g/mol. The summed E-state index contributed by atoms with van der Waals surface area (Å²) in [6.07, 6.45) is 0.874. The van der Waals surface area contributed by atoms with Crippen LogP contribution in [0.5, 0.6) is 11.5 Å². The van der Waals surface area contributed by atoms with Crippen LogP contribution < -0.4 is 9.46 Å². The first-order valence-electron chi connectivity index (χ1n) is 10.2. The van der Waals surface area contributed by atoms with E-state index in [2.05, 4.69) is 4.72 Å². The van der Waals surface area contributed by atoms with Gasteiger partial charge in [-0.05, 0) is 48.9 Å². The Morgan fingerprint density at radius 1 is 0.906 bits per heavy atom. The second kappa shape index (κ2) is 9.54. The van der Waals surface area contributed by atoms with Crippen LogP contribution in [0.4, 0.5) is 5.69 Å². The third-order valence-corrected chi connectivity index (χ3v) is 7.22. The Labute approximate surface area is 192 Å². The van der Waals surface area contributed by atoms with Crippen LogP contribution in [-0.2, 0) is 10.0 Å². The number of aromatic hydroxyl groups is 1. The second-order valence-electron chi connectivity index (χ2n) is 7.16. The van der Waals surface area contributed by atoms with E-state index in [0.717, 1.165) is 11.3 Å². The van der Waals surface area contributed by atoms with Crippen molar-refractivity contribution in [3.63, 3.8) is 0 Å². The number of anilines is 1. The van der Waals surface area contributed by atoms with Gasteiger partial charge in [-0.15, -0.1) is 0 Å². The zero-order valence-corrected chi connectivity index (χ0v) is 19.1. The number of fused-ring (bicyclic) bond motifs is 1. The van der Waals surface area contributed by atoms with Crippen molar-refractivity contribution in [3.05, 3.63) is 84.9 Å². The quantitative estimate of drug-likeness (QED) is 0.299. The molecule has 0 heterocycles. The smallest absolute Gasteiger partial charge is 0.261 e. The van der Waals surface area contributed by atoms with E-state index in [-0.39, 0.29) is 10.6 Å². The summed E-state index contributed by atoms with van der Waals surface area (Å²) in [5, 5.41) is 12.0. The van der Waals surface area contributed by atoms with Crippen molar-refractivity contribution in [1.82, 2.24) is 0 Å². The topological polar surface area (TPSA) is 75.6 Å². The fourth-order valence-electron chi connectivity index (χ4n) is 3.25. The van der Waals surface area contributed by atoms with Crippen molar-refractivity contribution in [1.29, 1.82) is 0 Å². The standard InChI is InChI=1S/C25H23NO4S2/c1-2-16-30-18-12-14-20(15-13-18)32(28,29)26-23-17-24(31-19-8-4-3-5-9-19)25(27)22-11-7-6-10-21(22)23/h3-15,17,26-27H,2,16H2,1H3. The van der Waals surface area contributed by atoms with Gasteiger partial charge in [0.15, 0.2) is 0 Å². The predicted octanol–water partition coefficient (Wildman–Crippen LogP) is 6.29. The summed E-state index contributed by atoms with van der Waals surface area (Å²) < 4.78 is 34.4. The number of hydrogen-bond donors (Lipinski definition) is 2. The number of benzene rings is 4. The van der Waals surface area contributed by atoms with Gasteiger partial charge in [-0.1, -0.05) is 61.2 Å². The molecule has 0 radical (unpaired) electrons. The van der Waals surface area contributed by atoms with Crippen molar-refractivity contribution in [2.45, 2.75) is 28.0 Å². The summed E-state index contributed by atoms with van der Waals surface area (Å²) in [5.41, 5.74) is 0.406. The number of hydrogen-bond acceptors (Lipinski definition) is 5. The Kier molecular flexibility index (Phi) is 6.58. The lowest BCUT2D eigenvalue weighted by Crippen LogP contribution is -2.13. The normalized spacial score (nSPS) is 11.4. The predicted molar refractivity (Wildman–Crippen MR) is 129 cm³/mol. The van der Waals surface area contributed by atoms with Crippen LogP contribution in [0.25, 0.3) is 10.8 Å². The molecule has 5 nitrogen and oxygen atoms in total. The molecule has 0 spiro atoms. The minimum absolute atomic E-state index is 0.120. The number of rotatable bonds is 8. The summed E-state index contributed by atoms with van der Waals surface area (Å²) in [4.78, 5) is 1.64. The molecule has 0 fully saturated rings. The molecule has 0 aliphatic rings. The summed E-state index contributed by atoms with van der Waals surface area (Å²) >= 11 is 1.37. The molecular formula is C25H23NO4S2. The van der Waals surface area contributed by atoms with Gasteiger partial charge < -0.3 is 9.84 Å². The molecule has 164 valence electrons. The van der Waals surface area contributed by atoms with E-state index in [4.69, 9.17) is 4.74 Å². The van der Waals surface area contributed by atoms with E-state index in [0.29, 0.717) is 33.7 Å². The lowest BCUT2D eigenvalue weighted by Gasteiger charge is -2.15. The van der Waals surface area contributed by atoms with Gasteiger partial charge in [-0.3, -0.25) is 4.72 Å². The maximum atomic E-state index is 13.1. The molecule has 2 N–H and O–H groups in total. The Hall–Kier alpha value is -3.16. The number of sulfonamides is 1. The van der Waals surface area contributed by atoms with E-state index in [9.17, 15) is 13.5 Å². The summed E-state index contributed by atoms with van der Waals surface area (Å²) in [7, 11) is -3.84. The van der Waals surface area contributed by atoms with Crippen molar-refractivity contribution >= 4 is 38.2 Å². The maximum absolute atomic E-state index is 13.1. The summed E-state index contributed by atoms with van der Waals surface area (Å²) in [6, 6.07) is 24.8. The van der Waals surface area contributed by atoms with Gasteiger partial charge in [0.25, 0.3) is 10.0 Å². The van der Waals surface area contributed by atoms with Crippen LogP contribution in [0.3, 0.4) is 0 Å². The SMILES string of the molecule is CCCOc1ccc(S(=O)(=O)Nc2cc(Sc3ccccc3)c(O)c3ccccc23)cc1. The third kappa shape index (κ3) is 4.84. The fourth-order valence-corrected chi connectivity index (χ4v) is 5.25. The highest BCUT2D eigenvalue weighted by Gasteiger charge is 2.19. The molecule has 0 amide bonds. The van der Waals surface area contributed by atoms with Crippen molar-refractivity contribution < 1.29 is 18.3 Å². The Morgan fingerprint density at radius 2 is 1.56 bits per heavy atom. The monoisotopic (exact) mass is 465 g/mol. The van der Waals surface area contributed by atoms with Crippen LogP contribution in [-0.4, -0.2) is 20.1 Å². The van der Waals surface area contributed by atoms with Gasteiger partial charge in [-0.25, -0.2) is 8.42 Å². The maximum Gasteiger partial charge on any atom is 0.261 e. The molecule has 0 unspecified atom stereocenters. The van der Waals surface area contributed by atoms with Crippen molar-refractivity contribution in [2.75, 3.05) is 11.3 Å². The van der Waals surface area contributed by atoms with Gasteiger partial charge in [0, 0.05) is 15.7 Å². The van der Waals surface area contributed by atoms with Gasteiger partial charge in [0.1, 0.15) is 11.5 Å². The van der Waals surface area contributed by atoms with Gasteiger partial charge in [0.05, 0.1) is 22.1 Å². The molecule has 0 atom stereocenters. The highest BCUT2D eigenvalue weighted by Crippen LogP contribution is 2.42. The molecule has 4 aromatic carbocycles. The van der Waals surface area contributed by atoms with Crippen LogP contribution in [0.15, 0.2) is 99.6 Å². The Balaban J connectivity index is 1.71. The van der Waals surface area contributed by atoms with Crippen LogP contribution in [0.2, 0.25) is 0 Å². The zero-order valence-electron chi connectivity index (χ0n) is 17.5. The average molecular weight is 466 g/mol. The Morgan fingerprint density at radius 3 is 2.25 bits per heavy atom. The van der Waals surface area contributed by atoms with E-state index >= 15 is 0 Å². The first-order valence-corrected chi connectivity index (χ1v) is 12.5. The average Bonchev–Trinajstić information content (AvgIpc) is 2.81. The minimum Gasteiger partial charge on any atom is -0.506 e. The van der Waals surface area contributed by atoms with E-state index in [1.54, 1.807) is 30.3 Å². The Bertz CT molecular complexity index is 1320. The number of phenolic OH excluding ortho intramolecular Hbond substituents is 1. The van der Waals surface area contributed by atoms with Crippen molar-refractivity contribution in [2.24, 2.45) is 0 Å². The summed E-state index contributed by atoms with van der Waals surface area (Å²) in [6.45, 7) is 2.58. The lowest BCUT2D eigenvalue weighted by atomic mass is 10.1. The summed E-state index contributed by atoms with van der Waals surface area (Å²) in [5.74, 6) is 0.747. The molecule has 4 rings (SSSR count). The molecule has 4 aromatic rings. The van der Waals surface area contributed by atoms with Crippen LogP contribution >= 0.6 is 11.8 Å². The molecule has 0 aliphatic carbocycles. The van der Waals surface area contributed by atoms with Crippen molar-refractivity contribution in [3.8, 4) is 11.5 Å². The molecule has 0 aliphatic heterocycles. The van der Waals surface area contributed by atoms with Gasteiger partial charge in [0.2, 0.25) is 0 Å². The number of nitrogens with one attached hydrogen (secondary N) is 1. The molecule has 0 saturated carbocycles. The molecule has 7 heteroatoms. The molecule has 32 heavy (non-hydrogen) atoms. The molecule has 0 saturated heterocycles. The molecule has 0 aromatic heterocycles. The van der Waals surface area contributed by atoms with E-state index in [1.807, 2.05) is 49.4 Å². The third-order valence-electron chi connectivity index (χ3n) is 4.80. The number of ether oxygens (including phenoxy) is 1. The fraction of sp³-hybridized carbons (Fsp3) is 0.120.